The highest BCUT2D eigenvalue weighted by Gasteiger charge is 2.06. The zero-order chi connectivity index (χ0) is 11.7. The van der Waals surface area contributed by atoms with Crippen molar-refractivity contribution in [2.45, 2.75) is 13.5 Å². The van der Waals surface area contributed by atoms with Crippen LogP contribution < -0.4 is 5.32 Å². The van der Waals surface area contributed by atoms with Gasteiger partial charge in [0.05, 0.1) is 6.54 Å². The molecule has 3 aromatic rings. The normalized spacial score (nSPS) is 10.9. The Labute approximate surface area is 95.7 Å². The minimum atomic E-state index is 0.427. The third-order valence-electron chi connectivity index (χ3n) is 2.20. The fourth-order valence-corrected chi connectivity index (χ4v) is 1.46. The van der Waals surface area contributed by atoms with Gasteiger partial charge in [-0.05, 0) is 0 Å². The van der Waals surface area contributed by atoms with Crippen molar-refractivity contribution in [2.75, 3.05) is 5.32 Å². The quantitative estimate of drug-likeness (QED) is 0.698. The zero-order valence-corrected chi connectivity index (χ0v) is 9.03. The molecule has 0 saturated carbocycles. The van der Waals surface area contributed by atoms with E-state index in [4.69, 9.17) is 4.52 Å². The summed E-state index contributed by atoms with van der Waals surface area (Å²) in [7, 11) is 0. The highest BCUT2D eigenvalue weighted by Crippen LogP contribution is 2.10. The van der Waals surface area contributed by atoms with Gasteiger partial charge in [-0.1, -0.05) is 5.16 Å². The van der Waals surface area contributed by atoms with Crippen LogP contribution in [0.1, 0.15) is 11.7 Å². The van der Waals surface area contributed by atoms with Gasteiger partial charge < -0.3 is 9.84 Å². The lowest BCUT2D eigenvalue weighted by Gasteiger charge is -2.02. The highest BCUT2D eigenvalue weighted by molar-refractivity contribution is 5.61. The topological polar surface area (TPSA) is 94.0 Å². The number of aromatic nitrogens is 6. The van der Waals surface area contributed by atoms with Gasteiger partial charge in [-0.15, -0.1) is 10.2 Å². The molecule has 3 heterocycles. The van der Waals surface area contributed by atoms with Crippen LogP contribution in [-0.2, 0) is 6.54 Å². The Morgan fingerprint density at radius 3 is 3.24 bits per heavy atom. The Kier molecular flexibility index (Phi) is 2.18. The average molecular weight is 231 g/mol. The van der Waals surface area contributed by atoms with E-state index in [2.05, 4.69) is 30.6 Å². The van der Waals surface area contributed by atoms with E-state index in [0.717, 1.165) is 0 Å². The van der Waals surface area contributed by atoms with Crippen LogP contribution in [0.5, 0.6) is 0 Å². The van der Waals surface area contributed by atoms with Crippen molar-refractivity contribution in [1.29, 1.82) is 0 Å². The molecule has 0 radical (unpaired) electrons. The van der Waals surface area contributed by atoms with Crippen LogP contribution in [0.2, 0.25) is 0 Å². The van der Waals surface area contributed by atoms with Crippen molar-refractivity contribution < 1.29 is 4.52 Å². The summed E-state index contributed by atoms with van der Waals surface area (Å²) in [6.07, 6.45) is 5.06. The van der Waals surface area contributed by atoms with E-state index in [1.54, 1.807) is 30.0 Å². The largest absolute Gasteiger partial charge is 0.359 e. The zero-order valence-electron chi connectivity index (χ0n) is 9.03. The second kappa shape index (κ2) is 3.81. The fourth-order valence-electron chi connectivity index (χ4n) is 1.46. The first-order chi connectivity index (χ1) is 8.33. The van der Waals surface area contributed by atoms with Crippen LogP contribution in [0, 0.1) is 6.92 Å². The van der Waals surface area contributed by atoms with Crippen molar-refractivity contribution in [2.24, 2.45) is 0 Å². The van der Waals surface area contributed by atoms with Gasteiger partial charge in [0.2, 0.25) is 11.5 Å². The summed E-state index contributed by atoms with van der Waals surface area (Å²) in [5.41, 5.74) is 0.660. The average Bonchev–Trinajstić information content (AvgIpc) is 2.94. The van der Waals surface area contributed by atoms with E-state index in [-0.39, 0.29) is 0 Å². The minimum absolute atomic E-state index is 0.427. The standard InChI is InChI=1S/C9H9N7O/c1-6-13-7(15-17-6)4-11-8-9-14-12-5-16(9)3-2-10-8/h2-3,5H,4H2,1H3,(H,10,11). The van der Waals surface area contributed by atoms with Gasteiger partial charge in [-0.2, -0.15) is 4.98 Å². The summed E-state index contributed by atoms with van der Waals surface area (Å²) in [4.78, 5) is 8.26. The first-order valence-corrected chi connectivity index (χ1v) is 5.00. The molecule has 0 unspecified atom stereocenters. The smallest absolute Gasteiger partial charge is 0.223 e. The molecule has 8 heteroatoms. The third kappa shape index (κ3) is 1.80. The van der Waals surface area contributed by atoms with Gasteiger partial charge in [0.1, 0.15) is 6.33 Å². The van der Waals surface area contributed by atoms with Crippen LogP contribution in [-0.4, -0.2) is 29.7 Å². The molecule has 0 amide bonds. The maximum absolute atomic E-state index is 4.87. The van der Waals surface area contributed by atoms with Crippen LogP contribution in [0.15, 0.2) is 23.2 Å². The van der Waals surface area contributed by atoms with Gasteiger partial charge in [-0.25, -0.2) is 4.98 Å². The van der Waals surface area contributed by atoms with Crippen molar-refractivity contribution in [3.63, 3.8) is 0 Å². The summed E-state index contributed by atoms with van der Waals surface area (Å²) in [6, 6.07) is 0. The molecule has 0 saturated heterocycles. The Morgan fingerprint density at radius 1 is 1.47 bits per heavy atom. The SMILES string of the molecule is Cc1nc(CNc2nccn3cnnc23)no1. The molecule has 0 aromatic carbocycles. The highest BCUT2D eigenvalue weighted by atomic mass is 16.5. The third-order valence-corrected chi connectivity index (χ3v) is 2.20. The second-order valence-corrected chi connectivity index (χ2v) is 3.42. The molecule has 1 N–H and O–H groups in total. The van der Waals surface area contributed by atoms with Crippen molar-refractivity contribution in [3.8, 4) is 0 Å². The van der Waals surface area contributed by atoms with E-state index >= 15 is 0 Å². The Hall–Kier alpha value is -2.51. The molecule has 0 aliphatic carbocycles. The van der Waals surface area contributed by atoms with E-state index in [0.29, 0.717) is 29.7 Å². The molecule has 17 heavy (non-hydrogen) atoms. The number of rotatable bonds is 3. The fraction of sp³-hybridized carbons (Fsp3) is 0.222. The lowest BCUT2D eigenvalue weighted by Crippen LogP contribution is -2.04. The second-order valence-electron chi connectivity index (χ2n) is 3.42. The monoisotopic (exact) mass is 231 g/mol. The van der Waals surface area contributed by atoms with Gasteiger partial charge in [0.25, 0.3) is 0 Å². The minimum Gasteiger partial charge on any atom is -0.359 e. The summed E-state index contributed by atoms with van der Waals surface area (Å²) < 4.78 is 6.65. The first kappa shape index (κ1) is 9.70. The van der Waals surface area contributed by atoms with Crippen molar-refractivity contribution in [1.82, 2.24) is 29.7 Å². The number of nitrogens with zero attached hydrogens (tertiary/aromatic N) is 6. The van der Waals surface area contributed by atoms with E-state index in [9.17, 15) is 0 Å². The molecule has 0 aliphatic heterocycles. The predicted octanol–water partition coefficient (Wildman–Crippen LogP) is 0.428. The molecular formula is C9H9N7O. The molecule has 8 nitrogen and oxygen atoms in total. The number of hydrogen-bond donors (Lipinski definition) is 1. The summed E-state index contributed by atoms with van der Waals surface area (Å²) in [5.74, 6) is 1.74. The summed E-state index contributed by atoms with van der Waals surface area (Å²) in [5, 5.41) is 14.6. The van der Waals surface area contributed by atoms with E-state index < -0.39 is 0 Å². The molecule has 0 bridgehead atoms. The molecule has 0 fully saturated rings. The number of anilines is 1. The lowest BCUT2D eigenvalue weighted by atomic mass is 10.5. The van der Waals surface area contributed by atoms with Gasteiger partial charge in [0.15, 0.2) is 11.6 Å². The van der Waals surface area contributed by atoms with Crippen LogP contribution in [0.3, 0.4) is 0 Å². The summed E-state index contributed by atoms with van der Waals surface area (Å²) >= 11 is 0. The molecule has 0 spiro atoms. The molecule has 0 aliphatic rings. The molecule has 0 atom stereocenters. The first-order valence-electron chi connectivity index (χ1n) is 5.00. The van der Waals surface area contributed by atoms with E-state index in [1.165, 1.54) is 0 Å². The maximum atomic E-state index is 4.87. The Morgan fingerprint density at radius 2 is 2.41 bits per heavy atom. The molecule has 3 aromatic heterocycles. The predicted molar refractivity (Wildman–Crippen MR) is 57.1 cm³/mol. The summed E-state index contributed by atoms with van der Waals surface area (Å²) in [6.45, 7) is 2.17. The van der Waals surface area contributed by atoms with Gasteiger partial charge in [0, 0.05) is 19.3 Å². The lowest BCUT2D eigenvalue weighted by molar-refractivity contribution is 0.388. The number of aryl methyl sites for hydroxylation is 1. The van der Waals surface area contributed by atoms with Gasteiger partial charge >= 0.3 is 0 Å². The molecular weight excluding hydrogens is 222 g/mol. The Balaban J connectivity index is 1.83. The number of nitrogens with one attached hydrogen (secondary N) is 1. The van der Waals surface area contributed by atoms with Crippen LogP contribution in [0.25, 0.3) is 5.65 Å². The molecule has 3 rings (SSSR count). The van der Waals surface area contributed by atoms with Crippen molar-refractivity contribution in [3.05, 3.63) is 30.4 Å². The maximum Gasteiger partial charge on any atom is 0.223 e. The number of fused-ring (bicyclic) bond motifs is 1. The van der Waals surface area contributed by atoms with Crippen LogP contribution >= 0.6 is 0 Å². The Bertz CT molecular complexity index is 643. The van der Waals surface area contributed by atoms with Crippen molar-refractivity contribution >= 4 is 11.5 Å². The van der Waals surface area contributed by atoms with Gasteiger partial charge in [-0.3, -0.25) is 4.40 Å². The van der Waals surface area contributed by atoms with E-state index in [1.807, 2.05) is 0 Å². The number of hydrogen-bond acceptors (Lipinski definition) is 7. The molecule has 86 valence electrons. The van der Waals surface area contributed by atoms with Crippen LogP contribution in [0.4, 0.5) is 5.82 Å².